The summed E-state index contributed by atoms with van der Waals surface area (Å²) in [6.07, 6.45) is 1.47. The average Bonchev–Trinajstić information content (AvgIpc) is 3.48. The van der Waals surface area contributed by atoms with Gasteiger partial charge in [-0.2, -0.15) is 9.78 Å². The highest BCUT2D eigenvalue weighted by Crippen LogP contribution is 2.42. The summed E-state index contributed by atoms with van der Waals surface area (Å²) in [5.74, 6) is 0.757. The van der Waals surface area contributed by atoms with Crippen molar-refractivity contribution < 1.29 is 18.7 Å². The number of hydrogen-bond acceptors (Lipinski definition) is 7. The number of amides is 1. The average molecular weight is 686 g/mol. The molecule has 0 aliphatic heterocycles. The van der Waals surface area contributed by atoms with Crippen LogP contribution in [0.1, 0.15) is 18.1 Å². The molecule has 2 heterocycles. The Morgan fingerprint density at radius 1 is 1.07 bits per heavy atom. The van der Waals surface area contributed by atoms with E-state index in [0.717, 1.165) is 10.9 Å². The van der Waals surface area contributed by atoms with Crippen LogP contribution in [-0.2, 0) is 4.79 Å². The zero-order valence-electron chi connectivity index (χ0n) is 24.2. The zero-order valence-corrected chi connectivity index (χ0v) is 26.6. The molecular formula is C34H26BrClN4O5. The van der Waals surface area contributed by atoms with Gasteiger partial charge in [0.2, 0.25) is 5.82 Å². The number of furan rings is 1. The molecule has 2 aromatic heterocycles. The number of carbonyl (C=O) groups is 1. The Balaban J connectivity index is 1.36. The van der Waals surface area contributed by atoms with Crippen molar-refractivity contribution in [2.24, 2.45) is 5.10 Å². The third-order valence-electron chi connectivity index (χ3n) is 6.93. The molecule has 4 aromatic carbocycles. The Morgan fingerprint density at radius 2 is 1.82 bits per heavy atom. The SMILES string of the molecule is CCOc1cc(C=Nn2c(-c3cc4ccccc4o3)nc3ccccc3c2=O)c(Br)c(Cl)c1OCC(=O)Nc1ccccc1C. The van der Waals surface area contributed by atoms with E-state index < -0.39 is 0 Å². The van der Waals surface area contributed by atoms with E-state index in [1.165, 1.54) is 10.9 Å². The van der Waals surface area contributed by atoms with Crippen LogP contribution in [0.4, 0.5) is 5.69 Å². The van der Waals surface area contributed by atoms with Crippen molar-refractivity contribution in [1.29, 1.82) is 0 Å². The number of benzene rings is 4. The number of aryl methyl sites for hydroxylation is 1. The molecular weight excluding hydrogens is 660 g/mol. The minimum absolute atomic E-state index is 0.174. The first-order valence-electron chi connectivity index (χ1n) is 14.0. The molecule has 45 heavy (non-hydrogen) atoms. The molecule has 226 valence electrons. The van der Waals surface area contributed by atoms with Gasteiger partial charge in [-0.1, -0.05) is 60.1 Å². The van der Waals surface area contributed by atoms with Crippen molar-refractivity contribution in [3.05, 3.63) is 116 Å². The summed E-state index contributed by atoms with van der Waals surface area (Å²) >= 11 is 10.3. The van der Waals surface area contributed by atoms with Crippen LogP contribution in [-0.4, -0.2) is 35.0 Å². The lowest BCUT2D eigenvalue weighted by molar-refractivity contribution is -0.118. The summed E-state index contributed by atoms with van der Waals surface area (Å²) in [4.78, 5) is 31.1. The third-order valence-corrected chi connectivity index (χ3v) is 8.38. The Labute approximate surface area is 271 Å². The first-order valence-corrected chi connectivity index (χ1v) is 15.2. The van der Waals surface area contributed by atoms with Gasteiger partial charge in [-0.3, -0.25) is 9.59 Å². The minimum atomic E-state index is -0.376. The van der Waals surface area contributed by atoms with Gasteiger partial charge in [0.1, 0.15) is 10.6 Å². The van der Waals surface area contributed by atoms with E-state index in [4.69, 9.17) is 30.5 Å². The molecule has 11 heteroatoms. The maximum Gasteiger partial charge on any atom is 0.282 e. The minimum Gasteiger partial charge on any atom is -0.490 e. The number of nitrogens with zero attached hydrogens (tertiary/aromatic N) is 3. The van der Waals surface area contributed by atoms with Gasteiger partial charge in [0, 0.05) is 21.1 Å². The molecule has 0 fully saturated rings. The van der Waals surface area contributed by atoms with E-state index in [-0.39, 0.29) is 34.7 Å². The summed E-state index contributed by atoms with van der Waals surface area (Å²) in [7, 11) is 0. The first kappa shape index (κ1) is 30.1. The van der Waals surface area contributed by atoms with Crippen molar-refractivity contribution in [1.82, 2.24) is 9.66 Å². The van der Waals surface area contributed by atoms with Gasteiger partial charge < -0.3 is 19.2 Å². The summed E-state index contributed by atoms with van der Waals surface area (Å²) in [5.41, 5.74) is 2.91. The number of anilines is 1. The number of ether oxygens (including phenoxy) is 2. The summed E-state index contributed by atoms with van der Waals surface area (Å²) in [5, 5.41) is 8.81. The number of carbonyl (C=O) groups excluding carboxylic acids is 1. The second-order valence-corrected chi connectivity index (χ2v) is 11.1. The number of hydrogen-bond donors (Lipinski definition) is 1. The van der Waals surface area contributed by atoms with Crippen molar-refractivity contribution in [2.45, 2.75) is 13.8 Å². The molecule has 0 atom stereocenters. The maximum atomic E-state index is 13.7. The van der Waals surface area contributed by atoms with Crippen LogP contribution in [0.15, 0.2) is 104 Å². The molecule has 9 nitrogen and oxygen atoms in total. The van der Waals surface area contributed by atoms with Crippen molar-refractivity contribution >= 4 is 67.2 Å². The van der Waals surface area contributed by atoms with Crippen molar-refractivity contribution in [3.63, 3.8) is 0 Å². The molecule has 0 aliphatic carbocycles. The van der Waals surface area contributed by atoms with Crippen molar-refractivity contribution in [2.75, 3.05) is 18.5 Å². The Bertz CT molecular complexity index is 2120. The van der Waals surface area contributed by atoms with E-state index in [2.05, 4.69) is 26.3 Å². The quantitative estimate of drug-likeness (QED) is 0.156. The molecule has 0 unspecified atom stereocenters. The standard InChI is InChI=1S/C34H26BrClN4O5/c1-3-43-27-17-22(30(35)31(36)32(27)44-19-29(41)38-24-13-7-4-10-20(24)2)18-37-40-33(28-16-21-11-5-9-15-26(21)45-28)39-25-14-8-6-12-23(25)34(40)42/h4-18H,3,19H2,1-2H3,(H,38,41). The van der Waals surface area contributed by atoms with E-state index in [0.29, 0.717) is 50.3 Å². The van der Waals surface area contributed by atoms with E-state index in [9.17, 15) is 9.59 Å². The highest BCUT2D eigenvalue weighted by atomic mass is 79.9. The van der Waals surface area contributed by atoms with Gasteiger partial charge in [0.25, 0.3) is 11.5 Å². The molecule has 6 rings (SSSR count). The van der Waals surface area contributed by atoms with Gasteiger partial charge in [-0.25, -0.2) is 4.98 Å². The zero-order chi connectivity index (χ0) is 31.5. The summed E-state index contributed by atoms with van der Waals surface area (Å²) in [6, 6.07) is 25.5. The molecule has 1 N–H and O–H groups in total. The molecule has 0 bridgehead atoms. The Hall–Kier alpha value is -4.93. The topological polar surface area (TPSA) is 108 Å². The number of halogens is 2. The lowest BCUT2D eigenvalue weighted by Crippen LogP contribution is -2.21. The van der Waals surface area contributed by atoms with E-state index >= 15 is 0 Å². The van der Waals surface area contributed by atoms with Crippen LogP contribution in [0, 0.1) is 6.92 Å². The predicted molar refractivity (Wildman–Crippen MR) is 180 cm³/mol. The van der Waals surface area contributed by atoms with Crippen LogP contribution in [0.3, 0.4) is 0 Å². The smallest absolute Gasteiger partial charge is 0.282 e. The monoisotopic (exact) mass is 684 g/mol. The summed E-state index contributed by atoms with van der Waals surface area (Å²) in [6.45, 7) is 3.73. The lowest BCUT2D eigenvalue weighted by atomic mass is 10.2. The molecule has 6 aromatic rings. The number of para-hydroxylation sites is 3. The van der Waals surface area contributed by atoms with Crippen molar-refractivity contribution in [3.8, 4) is 23.1 Å². The highest BCUT2D eigenvalue weighted by Gasteiger charge is 2.20. The van der Waals surface area contributed by atoms with E-state index in [1.54, 1.807) is 24.3 Å². The van der Waals surface area contributed by atoms with Crippen LogP contribution in [0.2, 0.25) is 5.02 Å². The molecule has 0 spiro atoms. The van der Waals surface area contributed by atoms with E-state index in [1.807, 2.05) is 74.5 Å². The lowest BCUT2D eigenvalue weighted by Gasteiger charge is -2.16. The van der Waals surface area contributed by atoms with Crippen LogP contribution < -0.4 is 20.3 Å². The predicted octanol–water partition coefficient (Wildman–Crippen LogP) is 7.83. The number of aromatic nitrogens is 2. The molecule has 0 aliphatic rings. The third kappa shape index (κ3) is 6.20. The normalized spacial score (nSPS) is 11.4. The van der Waals surface area contributed by atoms with Gasteiger partial charge in [0.05, 0.1) is 23.7 Å². The van der Waals surface area contributed by atoms with Gasteiger partial charge >= 0.3 is 0 Å². The van der Waals surface area contributed by atoms with Crippen LogP contribution in [0.5, 0.6) is 11.5 Å². The summed E-state index contributed by atoms with van der Waals surface area (Å²) < 4.78 is 19.3. The fraction of sp³-hybridized carbons (Fsp3) is 0.118. The molecule has 0 saturated heterocycles. The molecule has 0 saturated carbocycles. The van der Waals surface area contributed by atoms with Crippen LogP contribution >= 0.6 is 27.5 Å². The maximum absolute atomic E-state index is 13.7. The largest absolute Gasteiger partial charge is 0.490 e. The fourth-order valence-electron chi connectivity index (χ4n) is 4.74. The van der Waals surface area contributed by atoms with Crippen LogP contribution in [0.25, 0.3) is 33.5 Å². The second kappa shape index (κ2) is 13.0. The second-order valence-electron chi connectivity index (χ2n) is 9.97. The number of nitrogens with one attached hydrogen (secondary N) is 1. The number of fused-ring (bicyclic) bond motifs is 2. The number of rotatable bonds is 9. The van der Waals surface area contributed by atoms with Gasteiger partial charge in [0.15, 0.2) is 23.9 Å². The fourth-order valence-corrected chi connectivity index (χ4v) is 5.39. The molecule has 1 amide bonds. The Morgan fingerprint density at radius 3 is 2.62 bits per heavy atom. The highest BCUT2D eigenvalue weighted by molar-refractivity contribution is 9.10. The molecule has 0 radical (unpaired) electrons. The Kier molecular flexibility index (Phi) is 8.68. The first-order chi connectivity index (χ1) is 21.8. The van der Waals surface area contributed by atoms with Gasteiger partial charge in [-0.15, -0.1) is 0 Å². The van der Waals surface area contributed by atoms with Gasteiger partial charge in [-0.05, 0) is 71.7 Å².